The van der Waals surface area contributed by atoms with Gasteiger partial charge in [0.15, 0.2) is 0 Å². The second kappa shape index (κ2) is 14.2. The number of hydrogen-bond acceptors (Lipinski definition) is 8. The van der Waals surface area contributed by atoms with Crippen LogP contribution in [0.4, 0.5) is 0 Å². The number of sulfone groups is 1. The van der Waals surface area contributed by atoms with Crippen molar-refractivity contribution < 1.29 is 27.6 Å². The summed E-state index contributed by atoms with van der Waals surface area (Å²) >= 11 is 1.28. The van der Waals surface area contributed by atoms with Gasteiger partial charge in [-0.15, -0.1) is 11.3 Å². The number of aromatic nitrogens is 1. The molecule has 2 bridgehead atoms. The third-order valence-corrected chi connectivity index (χ3v) is 8.15. The zero-order valence-corrected chi connectivity index (χ0v) is 23.7. The fourth-order valence-corrected chi connectivity index (χ4v) is 5.48. The lowest BCUT2D eigenvalue weighted by molar-refractivity contribution is -0.132. The Balaban J connectivity index is 1.82. The second-order valence-corrected chi connectivity index (χ2v) is 12.7. The molecule has 0 aliphatic carbocycles. The highest BCUT2D eigenvalue weighted by Gasteiger charge is 2.29. The molecule has 2 aromatic rings. The van der Waals surface area contributed by atoms with Gasteiger partial charge >= 0.3 is 0 Å². The molecule has 0 spiro atoms. The fraction of sp³-hybridized carbons (Fsp3) is 0.500. The number of hydrogen-bond donors (Lipinski definition) is 4. The third kappa shape index (κ3) is 9.74. The van der Waals surface area contributed by atoms with E-state index in [1.165, 1.54) is 11.3 Å². The van der Waals surface area contributed by atoms with Crippen molar-refractivity contribution in [2.75, 3.05) is 18.6 Å². The summed E-state index contributed by atoms with van der Waals surface area (Å²) in [7, 11) is -3.35. The molecule has 0 unspecified atom stereocenters. The average molecular weight is 578 g/mol. The number of fused-ring (bicyclic) bond motifs is 2. The molecule has 1 aliphatic rings. The monoisotopic (exact) mass is 577 g/mol. The normalized spacial score (nSPS) is 21.4. The molecule has 3 atom stereocenters. The predicted molar refractivity (Wildman–Crippen MR) is 148 cm³/mol. The summed E-state index contributed by atoms with van der Waals surface area (Å²) in [5.41, 5.74) is 1.23. The van der Waals surface area contributed by atoms with Crippen LogP contribution in [0.2, 0.25) is 0 Å². The van der Waals surface area contributed by atoms with Crippen molar-refractivity contribution in [1.82, 2.24) is 26.3 Å². The molecule has 4 amide bonds. The van der Waals surface area contributed by atoms with E-state index in [1.54, 1.807) is 12.3 Å². The van der Waals surface area contributed by atoms with Crippen LogP contribution < -0.4 is 21.3 Å². The lowest BCUT2D eigenvalue weighted by Crippen LogP contribution is -2.54. The van der Waals surface area contributed by atoms with E-state index in [0.717, 1.165) is 11.8 Å². The van der Waals surface area contributed by atoms with E-state index >= 15 is 0 Å². The maximum Gasteiger partial charge on any atom is 0.270 e. The van der Waals surface area contributed by atoms with E-state index in [-0.39, 0.29) is 30.2 Å². The van der Waals surface area contributed by atoms with Gasteiger partial charge in [0.25, 0.3) is 5.91 Å². The van der Waals surface area contributed by atoms with Crippen molar-refractivity contribution in [2.24, 2.45) is 0 Å². The number of nitrogens with zero attached hydrogens (tertiary/aromatic N) is 1. The van der Waals surface area contributed by atoms with Crippen molar-refractivity contribution in [3.8, 4) is 0 Å². The molecule has 0 saturated heterocycles. The number of rotatable bonds is 7. The van der Waals surface area contributed by atoms with Crippen molar-refractivity contribution in [2.45, 2.75) is 63.6 Å². The number of thiazole rings is 1. The lowest BCUT2D eigenvalue weighted by atomic mass is 10.0. The molecule has 1 aromatic heterocycles. The molecule has 1 aliphatic heterocycles. The van der Waals surface area contributed by atoms with Crippen LogP contribution in [0.5, 0.6) is 0 Å². The summed E-state index contributed by atoms with van der Waals surface area (Å²) < 4.78 is 22.9. The topological polar surface area (TPSA) is 163 Å². The Bertz CT molecular complexity index is 1260. The Hall–Kier alpha value is -3.32. The predicted octanol–water partition coefficient (Wildman–Crippen LogP) is 1.27. The Kier molecular flexibility index (Phi) is 11.0. The summed E-state index contributed by atoms with van der Waals surface area (Å²) in [6.45, 7) is 2.12. The molecule has 0 fully saturated rings. The number of carbonyl (C=O) groups is 4. The van der Waals surface area contributed by atoms with Gasteiger partial charge in [0.1, 0.15) is 32.6 Å². The van der Waals surface area contributed by atoms with Crippen molar-refractivity contribution in [1.29, 1.82) is 0 Å². The standard InChI is InChI=1S/C26H35N5O6S2/c1-3-18-24(34)30-20(15-17-9-5-4-6-10-17)26-31-21(16-38-26)23(33)27-13-8-7-11-19(25(35)29-18)28-22(32)12-14-39(2,36)37/h4-6,9-10,16,18-20H,3,7-8,11-15H2,1-2H3,(H,27,33)(H,28,32)(H,29,35)(H,30,34)/t18-,19+,20+/m1/s1. The van der Waals surface area contributed by atoms with Gasteiger partial charge in [0.05, 0.1) is 11.8 Å². The Morgan fingerprint density at radius 2 is 1.79 bits per heavy atom. The van der Waals surface area contributed by atoms with Crippen LogP contribution in [0.3, 0.4) is 0 Å². The minimum absolute atomic E-state index is 0.252. The molecule has 2 heterocycles. The smallest absolute Gasteiger partial charge is 0.270 e. The van der Waals surface area contributed by atoms with Gasteiger partial charge in [-0.3, -0.25) is 19.2 Å². The van der Waals surface area contributed by atoms with E-state index in [0.29, 0.717) is 37.2 Å². The van der Waals surface area contributed by atoms with Gasteiger partial charge in [-0.25, -0.2) is 13.4 Å². The van der Waals surface area contributed by atoms with E-state index in [9.17, 15) is 27.6 Å². The molecule has 3 rings (SSSR count). The maximum absolute atomic E-state index is 13.3. The minimum Gasteiger partial charge on any atom is -0.351 e. The van der Waals surface area contributed by atoms with Crippen molar-refractivity contribution in [3.05, 3.63) is 52.0 Å². The van der Waals surface area contributed by atoms with Gasteiger partial charge in [-0.2, -0.15) is 0 Å². The molecule has 4 N–H and O–H groups in total. The van der Waals surface area contributed by atoms with E-state index in [4.69, 9.17) is 0 Å². The average Bonchev–Trinajstić information content (AvgIpc) is 3.39. The van der Waals surface area contributed by atoms with Gasteiger partial charge in [0.2, 0.25) is 17.7 Å². The highest BCUT2D eigenvalue weighted by Crippen LogP contribution is 2.23. The third-order valence-electron chi connectivity index (χ3n) is 6.25. The minimum atomic E-state index is -3.35. The Morgan fingerprint density at radius 3 is 2.49 bits per heavy atom. The summed E-state index contributed by atoms with van der Waals surface area (Å²) in [6.07, 6.45) is 2.79. The molecule has 0 radical (unpaired) electrons. The van der Waals surface area contributed by atoms with Gasteiger partial charge < -0.3 is 21.3 Å². The highest BCUT2D eigenvalue weighted by atomic mass is 32.2. The first kappa shape index (κ1) is 30.2. The molecular formula is C26H35N5O6S2. The molecular weight excluding hydrogens is 542 g/mol. The first-order valence-corrected chi connectivity index (χ1v) is 15.8. The van der Waals surface area contributed by atoms with Gasteiger partial charge in [-0.1, -0.05) is 37.3 Å². The highest BCUT2D eigenvalue weighted by molar-refractivity contribution is 7.90. The van der Waals surface area contributed by atoms with Gasteiger partial charge in [-0.05, 0) is 37.7 Å². The Morgan fingerprint density at radius 1 is 1.08 bits per heavy atom. The molecule has 11 nitrogen and oxygen atoms in total. The van der Waals surface area contributed by atoms with Crippen LogP contribution in [0.25, 0.3) is 0 Å². The number of nitrogens with one attached hydrogen (secondary N) is 4. The molecule has 13 heteroatoms. The summed E-state index contributed by atoms with van der Waals surface area (Å²) in [6, 6.07) is 7.19. The van der Waals surface area contributed by atoms with Crippen LogP contribution in [0.15, 0.2) is 35.7 Å². The summed E-state index contributed by atoms with van der Waals surface area (Å²) in [4.78, 5) is 56.1. The maximum atomic E-state index is 13.3. The van der Waals surface area contributed by atoms with Crippen LogP contribution in [-0.4, -0.2) is 67.7 Å². The zero-order valence-electron chi connectivity index (χ0n) is 22.1. The van der Waals surface area contributed by atoms with Crippen molar-refractivity contribution >= 4 is 44.8 Å². The Labute approximate surface area is 232 Å². The quantitative estimate of drug-likeness (QED) is 0.385. The van der Waals surface area contributed by atoms with Crippen molar-refractivity contribution in [3.63, 3.8) is 0 Å². The van der Waals surface area contributed by atoms with Crippen LogP contribution in [0, 0.1) is 0 Å². The number of benzene rings is 1. The van der Waals surface area contributed by atoms with E-state index < -0.39 is 45.7 Å². The van der Waals surface area contributed by atoms with Crippen LogP contribution >= 0.6 is 11.3 Å². The van der Waals surface area contributed by atoms with Crippen LogP contribution in [-0.2, 0) is 30.6 Å². The number of amides is 4. The van der Waals surface area contributed by atoms with E-state index in [2.05, 4.69) is 26.3 Å². The number of carbonyl (C=O) groups excluding carboxylic acids is 4. The largest absolute Gasteiger partial charge is 0.351 e. The second-order valence-electron chi connectivity index (χ2n) is 9.54. The molecule has 212 valence electrons. The van der Waals surface area contributed by atoms with E-state index in [1.807, 2.05) is 30.3 Å². The first-order chi connectivity index (χ1) is 18.6. The summed E-state index contributed by atoms with van der Waals surface area (Å²) in [5.74, 6) is -2.18. The molecule has 1 aromatic carbocycles. The SMILES string of the molecule is CC[C@H]1NC(=O)[C@@H](NC(=O)CCS(C)(=O)=O)CCCCNC(=O)c2csc(n2)[C@H](Cc2ccccc2)NC1=O. The van der Waals surface area contributed by atoms with Gasteiger partial charge in [0, 0.05) is 24.6 Å². The molecule has 0 saturated carbocycles. The first-order valence-electron chi connectivity index (χ1n) is 12.9. The summed E-state index contributed by atoms with van der Waals surface area (Å²) in [5, 5.41) is 13.4. The fourth-order valence-electron chi connectivity index (χ4n) is 4.08. The zero-order chi connectivity index (χ0) is 28.4. The van der Waals surface area contributed by atoms with Crippen LogP contribution in [0.1, 0.15) is 66.1 Å². The lowest BCUT2D eigenvalue weighted by Gasteiger charge is -2.25. The molecule has 39 heavy (non-hydrogen) atoms.